The molecule has 31 heavy (non-hydrogen) atoms. The van der Waals surface area contributed by atoms with Gasteiger partial charge in [0.05, 0.1) is 4.90 Å². The molecule has 0 saturated carbocycles. The highest BCUT2D eigenvalue weighted by atomic mass is 32.2. The van der Waals surface area contributed by atoms with Crippen LogP contribution in [0.4, 0.5) is 0 Å². The van der Waals surface area contributed by atoms with Crippen molar-refractivity contribution in [2.24, 2.45) is 0 Å². The monoisotopic (exact) mass is 461 g/mol. The first kappa shape index (κ1) is 23.3. The van der Waals surface area contributed by atoms with Gasteiger partial charge in [-0.3, -0.25) is 9.59 Å². The van der Waals surface area contributed by atoms with Crippen LogP contribution in [-0.2, 0) is 14.8 Å². The van der Waals surface area contributed by atoms with Crippen LogP contribution in [0.25, 0.3) is 0 Å². The number of amides is 2. The van der Waals surface area contributed by atoms with E-state index in [0.717, 1.165) is 5.75 Å². The minimum atomic E-state index is -3.58. The number of carbonyl (C=O) groups excluding carboxylic acids is 2. The molecule has 0 aliphatic carbocycles. The smallest absolute Gasteiger partial charge is 0.251 e. The fraction of sp³-hybridized carbons (Fsp3) is 0.364. The molecule has 2 amide bonds. The number of nitrogens with one attached hydrogen (secondary N) is 1. The van der Waals surface area contributed by atoms with Gasteiger partial charge < -0.3 is 10.2 Å². The summed E-state index contributed by atoms with van der Waals surface area (Å²) in [6.45, 7) is 1.04. The number of rotatable bonds is 8. The molecule has 1 atom stereocenters. The van der Waals surface area contributed by atoms with Crippen LogP contribution in [0, 0.1) is 0 Å². The maximum absolute atomic E-state index is 13.1. The van der Waals surface area contributed by atoms with Gasteiger partial charge in [0.15, 0.2) is 0 Å². The number of sulfonamides is 1. The minimum Gasteiger partial charge on any atom is -0.340 e. The molecule has 1 fully saturated rings. The fourth-order valence-corrected chi connectivity index (χ4v) is 5.35. The molecule has 7 nitrogen and oxygen atoms in total. The van der Waals surface area contributed by atoms with Crippen LogP contribution in [-0.4, -0.2) is 73.7 Å². The first-order valence-corrected chi connectivity index (χ1v) is 13.0. The lowest BCUT2D eigenvalue weighted by atomic mass is 10.1. The van der Waals surface area contributed by atoms with Crippen LogP contribution in [0.5, 0.6) is 0 Å². The second-order valence-electron chi connectivity index (χ2n) is 7.22. The van der Waals surface area contributed by atoms with Gasteiger partial charge in [0.1, 0.15) is 6.04 Å². The predicted molar refractivity (Wildman–Crippen MR) is 122 cm³/mol. The van der Waals surface area contributed by atoms with Gasteiger partial charge in [-0.1, -0.05) is 36.4 Å². The zero-order valence-corrected chi connectivity index (χ0v) is 19.1. The van der Waals surface area contributed by atoms with Crippen molar-refractivity contribution in [3.05, 3.63) is 66.2 Å². The number of piperazine rings is 1. The van der Waals surface area contributed by atoms with E-state index in [9.17, 15) is 18.0 Å². The first-order valence-electron chi connectivity index (χ1n) is 10.1. The van der Waals surface area contributed by atoms with E-state index < -0.39 is 16.1 Å². The molecular formula is C22H27N3O4S2. The van der Waals surface area contributed by atoms with E-state index in [0.29, 0.717) is 25.1 Å². The van der Waals surface area contributed by atoms with E-state index >= 15 is 0 Å². The lowest BCUT2D eigenvalue weighted by Crippen LogP contribution is -2.55. The van der Waals surface area contributed by atoms with E-state index in [4.69, 9.17) is 0 Å². The Bertz CT molecular complexity index is 976. The number of hydrogen-bond donors (Lipinski definition) is 1. The van der Waals surface area contributed by atoms with Gasteiger partial charge in [0.25, 0.3) is 5.91 Å². The second-order valence-corrected chi connectivity index (χ2v) is 10.1. The van der Waals surface area contributed by atoms with Gasteiger partial charge in [0, 0.05) is 31.7 Å². The summed E-state index contributed by atoms with van der Waals surface area (Å²) in [5, 5.41) is 2.86. The Morgan fingerprint density at radius 3 is 2.13 bits per heavy atom. The third-order valence-corrected chi connectivity index (χ3v) is 7.74. The summed E-state index contributed by atoms with van der Waals surface area (Å²) >= 11 is 1.61. The summed E-state index contributed by atoms with van der Waals surface area (Å²) < 4.78 is 27.0. The van der Waals surface area contributed by atoms with Crippen molar-refractivity contribution < 1.29 is 18.0 Å². The van der Waals surface area contributed by atoms with E-state index in [1.54, 1.807) is 71.3 Å². The highest BCUT2D eigenvalue weighted by molar-refractivity contribution is 7.98. The molecule has 1 heterocycles. The molecule has 3 rings (SSSR count). The zero-order chi connectivity index (χ0) is 22.3. The average molecular weight is 462 g/mol. The van der Waals surface area contributed by atoms with Gasteiger partial charge in [-0.2, -0.15) is 16.1 Å². The molecule has 2 aromatic carbocycles. The van der Waals surface area contributed by atoms with Gasteiger partial charge in [-0.25, -0.2) is 8.42 Å². The Kier molecular flexibility index (Phi) is 8.11. The van der Waals surface area contributed by atoms with Crippen molar-refractivity contribution in [2.75, 3.05) is 38.2 Å². The van der Waals surface area contributed by atoms with E-state index in [1.165, 1.54) is 4.31 Å². The Labute approximate surface area is 187 Å². The SMILES string of the molecule is CSCCC(NC(=O)c1ccccc1)C(=O)N1CCN(S(=O)(=O)c2ccccc2)CC1. The first-order chi connectivity index (χ1) is 14.9. The minimum absolute atomic E-state index is 0.171. The molecule has 0 spiro atoms. The third kappa shape index (κ3) is 5.87. The van der Waals surface area contributed by atoms with Gasteiger partial charge in [-0.05, 0) is 42.7 Å². The molecule has 1 aliphatic rings. The number of carbonyl (C=O) groups is 2. The third-order valence-electron chi connectivity index (χ3n) is 5.18. The molecule has 0 radical (unpaired) electrons. The Hall–Kier alpha value is -2.36. The number of nitrogens with zero attached hydrogens (tertiary/aromatic N) is 2. The van der Waals surface area contributed by atoms with Crippen LogP contribution in [0.1, 0.15) is 16.8 Å². The summed E-state index contributed by atoms with van der Waals surface area (Å²) in [4.78, 5) is 27.6. The maximum Gasteiger partial charge on any atom is 0.251 e. The van der Waals surface area contributed by atoms with Crippen molar-refractivity contribution >= 4 is 33.6 Å². The maximum atomic E-state index is 13.1. The van der Waals surface area contributed by atoms with Crippen molar-refractivity contribution in [3.8, 4) is 0 Å². The van der Waals surface area contributed by atoms with Crippen LogP contribution in [0.3, 0.4) is 0 Å². The number of thioether (sulfide) groups is 1. The summed E-state index contributed by atoms with van der Waals surface area (Å²) in [5.41, 5.74) is 0.503. The second kappa shape index (κ2) is 10.8. The highest BCUT2D eigenvalue weighted by Crippen LogP contribution is 2.18. The Morgan fingerprint density at radius 1 is 0.968 bits per heavy atom. The largest absolute Gasteiger partial charge is 0.340 e. The van der Waals surface area contributed by atoms with E-state index in [2.05, 4.69) is 5.32 Å². The number of benzene rings is 2. The zero-order valence-electron chi connectivity index (χ0n) is 17.4. The molecule has 1 N–H and O–H groups in total. The molecular weight excluding hydrogens is 434 g/mol. The molecule has 0 aromatic heterocycles. The molecule has 1 aliphatic heterocycles. The normalized spacial score (nSPS) is 16.0. The van der Waals surface area contributed by atoms with Crippen molar-refractivity contribution in [1.29, 1.82) is 0 Å². The summed E-state index contributed by atoms with van der Waals surface area (Å²) in [5.74, 6) is 0.272. The van der Waals surface area contributed by atoms with Crippen LogP contribution >= 0.6 is 11.8 Å². The Balaban J connectivity index is 1.64. The molecule has 9 heteroatoms. The van der Waals surface area contributed by atoms with E-state index in [1.807, 2.05) is 12.3 Å². The summed E-state index contributed by atoms with van der Waals surface area (Å²) in [6.07, 6.45) is 2.47. The van der Waals surface area contributed by atoms with Crippen molar-refractivity contribution in [2.45, 2.75) is 17.4 Å². The average Bonchev–Trinajstić information content (AvgIpc) is 2.82. The van der Waals surface area contributed by atoms with Crippen LogP contribution in [0.15, 0.2) is 65.6 Å². The highest BCUT2D eigenvalue weighted by Gasteiger charge is 2.33. The van der Waals surface area contributed by atoms with Crippen LogP contribution in [0.2, 0.25) is 0 Å². The molecule has 0 bridgehead atoms. The Morgan fingerprint density at radius 2 is 1.55 bits per heavy atom. The molecule has 1 saturated heterocycles. The van der Waals surface area contributed by atoms with Crippen molar-refractivity contribution in [3.63, 3.8) is 0 Å². The lowest BCUT2D eigenvalue weighted by Gasteiger charge is -2.36. The summed E-state index contributed by atoms with van der Waals surface area (Å²) in [7, 11) is -3.58. The topological polar surface area (TPSA) is 86.8 Å². The predicted octanol–water partition coefficient (Wildman–Crippen LogP) is 2.07. The van der Waals surface area contributed by atoms with Gasteiger partial charge in [0.2, 0.25) is 15.9 Å². The molecule has 2 aromatic rings. The fourth-order valence-electron chi connectivity index (χ4n) is 3.43. The molecule has 1 unspecified atom stereocenters. The van der Waals surface area contributed by atoms with Gasteiger partial charge in [-0.15, -0.1) is 0 Å². The number of hydrogen-bond acceptors (Lipinski definition) is 5. The quantitative estimate of drug-likeness (QED) is 0.650. The van der Waals surface area contributed by atoms with Crippen LogP contribution < -0.4 is 5.32 Å². The lowest BCUT2D eigenvalue weighted by molar-refractivity contribution is -0.134. The molecule has 166 valence electrons. The van der Waals surface area contributed by atoms with Crippen molar-refractivity contribution in [1.82, 2.24) is 14.5 Å². The van der Waals surface area contributed by atoms with E-state index in [-0.39, 0.29) is 29.8 Å². The standard InChI is InChI=1S/C22H27N3O4S2/c1-30-17-12-20(23-21(26)18-8-4-2-5-9-18)22(27)24-13-15-25(16-14-24)31(28,29)19-10-6-3-7-11-19/h2-11,20H,12-17H2,1H3,(H,23,26). The van der Waals surface area contributed by atoms with Gasteiger partial charge >= 0.3 is 0 Å². The summed E-state index contributed by atoms with van der Waals surface area (Å²) in [6, 6.07) is 16.5.